The summed E-state index contributed by atoms with van der Waals surface area (Å²) in [6, 6.07) is 7.02. The fraction of sp³-hybridized carbons (Fsp3) is 0.0769. The number of aryl methyl sites for hydroxylation is 1. The zero-order chi connectivity index (χ0) is 18.8. The van der Waals surface area contributed by atoms with Crippen molar-refractivity contribution in [2.45, 2.75) is 26.5 Å². The van der Waals surface area contributed by atoms with E-state index in [4.69, 9.17) is 16.9 Å². The van der Waals surface area contributed by atoms with Crippen LogP contribution in [-0.4, -0.2) is 26.6 Å². The third-order valence-electron chi connectivity index (χ3n) is 3.12. The topological polar surface area (TPSA) is 127 Å². The molecule has 2 aromatic rings. The Balaban J connectivity index is 2.56. The molecule has 12 heteroatoms. The van der Waals surface area contributed by atoms with Crippen LogP contribution in [0.15, 0.2) is 56.0 Å². The van der Waals surface area contributed by atoms with E-state index in [0.717, 1.165) is 12.1 Å². The lowest BCUT2D eigenvalue weighted by Crippen LogP contribution is -2.06. The summed E-state index contributed by atoms with van der Waals surface area (Å²) in [5.74, 6) is 0. The number of benzene rings is 2. The van der Waals surface area contributed by atoms with Gasteiger partial charge in [-0.15, -0.1) is 4.33 Å². The number of halogens is 1. The maximum absolute atomic E-state index is 12.7. The van der Waals surface area contributed by atoms with E-state index in [1.54, 1.807) is 0 Å². The molecule has 0 amide bonds. The van der Waals surface area contributed by atoms with E-state index in [2.05, 4.69) is 9.37 Å². The largest absolute Gasteiger partial charge is 0.294 e. The number of rotatable bonds is 6. The molecule has 0 bridgehead atoms. The zero-order valence-electron chi connectivity index (χ0n) is 12.4. The van der Waals surface area contributed by atoms with Crippen LogP contribution in [0.2, 0.25) is 5.02 Å². The van der Waals surface area contributed by atoms with Crippen molar-refractivity contribution in [3.8, 4) is 0 Å². The summed E-state index contributed by atoms with van der Waals surface area (Å²) >= 11 is 6.37. The molecule has 0 saturated carbocycles. The summed E-state index contributed by atoms with van der Waals surface area (Å²) in [5.41, 5.74) is 0.197. The third kappa shape index (κ3) is 4.51. The summed E-state index contributed by atoms with van der Waals surface area (Å²) in [4.78, 5) is -0.900. The van der Waals surface area contributed by atoms with Gasteiger partial charge in [0.1, 0.15) is 0 Å². The summed E-state index contributed by atoms with van der Waals surface area (Å²) in [5, 5.41) is 11.8. The van der Waals surface area contributed by atoms with Gasteiger partial charge in [0.2, 0.25) is 9.84 Å². The highest BCUT2D eigenvalue weighted by molar-refractivity contribution is 7.94. The van der Waals surface area contributed by atoms with Crippen molar-refractivity contribution in [2.75, 3.05) is 0 Å². The van der Waals surface area contributed by atoms with Gasteiger partial charge in [0, 0.05) is 0 Å². The van der Waals surface area contributed by atoms with Gasteiger partial charge in [0.05, 0.1) is 36.6 Å². The van der Waals surface area contributed by atoms with Gasteiger partial charge in [-0.2, -0.15) is 8.42 Å². The Morgan fingerprint density at radius 3 is 2.24 bits per heavy atom. The van der Waals surface area contributed by atoms with Crippen LogP contribution in [0.5, 0.6) is 0 Å². The second-order valence-corrected chi connectivity index (χ2v) is 9.21. The molecule has 0 unspecified atom stereocenters. The monoisotopic (exact) mass is 426 g/mol. The minimum absolute atomic E-state index is 0.138. The minimum atomic E-state index is -4.58. The molecule has 8 nitrogen and oxygen atoms in total. The SMILES string of the molecule is Cc1ccc(S(=O)(=O)c2ccc(Cl)c(SOOO)c2)cc1S(=O)(=O)O. The summed E-state index contributed by atoms with van der Waals surface area (Å²) in [7, 11) is -8.69. The van der Waals surface area contributed by atoms with Crippen molar-refractivity contribution < 1.29 is 36.0 Å². The first-order chi connectivity index (χ1) is 11.6. The van der Waals surface area contributed by atoms with Crippen LogP contribution in [-0.2, 0) is 29.3 Å². The Kier molecular flexibility index (Phi) is 6.12. The molecular weight excluding hydrogens is 416 g/mol. The van der Waals surface area contributed by atoms with Gasteiger partial charge < -0.3 is 0 Å². The molecule has 2 aromatic carbocycles. The molecule has 136 valence electrons. The zero-order valence-corrected chi connectivity index (χ0v) is 15.6. The van der Waals surface area contributed by atoms with Gasteiger partial charge >= 0.3 is 0 Å². The summed E-state index contributed by atoms with van der Waals surface area (Å²) in [6.07, 6.45) is 0. The lowest BCUT2D eigenvalue weighted by molar-refractivity contribution is -0.432. The predicted octanol–water partition coefficient (Wildman–Crippen LogP) is 3.16. The number of sulfone groups is 1. The smallest absolute Gasteiger partial charge is 0.282 e. The Bertz CT molecular complexity index is 1000. The molecule has 0 fully saturated rings. The van der Waals surface area contributed by atoms with Crippen LogP contribution >= 0.6 is 23.6 Å². The van der Waals surface area contributed by atoms with Crippen molar-refractivity contribution >= 4 is 43.6 Å². The molecule has 0 aliphatic carbocycles. The maximum Gasteiger partial charge on any atom is 0.294 e. The highest BCUT2D eigenvalue weighted by Gasteiger charge is 2.23. The van der Waals surface area contributed by atoms with Gasteiger partial charge in [0.25, 0.3) is 10.1 Å². The highest BCUT2D eigenvalue weighted by Crippen LogP contribution is 2.33. The van der Waals surface area contributed by atoms with E-state index in [-0.39, 0.29) is 25.3 Å². The van der Waals surface area contributed by atoms with E-state index >= 15 is 0 Å². The number of hydrogen-bond donors (Lipinski definition) is 2. The predicted molar refractivity (Wildman–Crippen MR) is 88.6 cm³/mol. The molecule has 0 radical (unpaired) electrons. The van der Waals surface area contributed by atoms with Gasteiger partial charge in [-0.05, 0) is 42.8 Å². The fourth-order valence-corrected chi connectivity index (χ4v) is 4.78. The van der Waals surface area contributed by atoms with Crippen molar-refractivity contribution in [1.29, 1.82) is 0 Å². The van der Waals surface area contributed by atoms with E-state index in [1.165, 1.54) is 31.2 Å². The van der Waals surface area contributed by atoms with Gasteiger partial charge in [-0.25, -0.2) is 13.7 Å². The molecule has 0 heterocycles. The molecular formula is C13H11ClO8S3. The van der Waals surface area contributed by atoms with Crippen LogP contribution in [0.1, 0.15) is 5.56 Å². The van der Waals surface area contributed by atoms with Crippen molar-refractivity contribution in [2.24, 2.45) is 0 Å². The fourth-order valence-electron chi connectivity index (χ4n) is 1.93. The Labute approximate surface area is 153 Å². The van der Waals surface area contributed by atoms with Crippen molar-refractivity contribution in [1.82, 2.24) is 0 Å². The second-order valence-electron chi connectivity index (χ2n) is 4.72. The van der Waals surface area contributed by atoms with Gasteiger partial charge in [-0.1, -0.05) is 22.7 Å². The van der Waals surface area contributed by atoms with Crippen LogP contribution in [0.3, 0.4) is 0 Å². The molecule has 0 aliphatic heterocycles. The van der Waals surface area contributed by atoms with Crippen LogP contribution in [0, 0.1) is 6.92 Å². The first-order valence-corrected chi connectivity index (χ1v) is 10.4. The van der Waals surface area contributed by atoms with E-state index in [0.29, 0.717) is 12.0 Å². The normalized spacial score (nSPS) is 12.3. The molecule has 0 aromatic heterocycles. The van der Waals surface area contributed by atoms with Crippen molar-refractivity contribution in [3.63, 3.8) is 0 Å². The highest BCUT2D eigenvalue weighted by atomic mass is 35.5. The number of hydrogen-bond acceptors (Lipinski definition) is 8. The standard InChI is InChI=1S/C13H11ClO8S3/c1-8-2-3-10(7-13(8)25(18,19)20)24(16,17)9-4-5-11(14)12(6-9)23-22-21-15/h2-7,15H,1H3,(H,18,19,20). The lowest BCUT2D eigenvalue weighted by Gasteiger charge is -2.09. The quantitative estimate of drug-likeness (QED) is 0.309. The average molecular weight is 427 g/mol. The Hall–Kier alpha value is -1.18. The summed E-state index contributed by atoms with van der Waals surface area (Å²) in [6.45, 7) is 1.42. The molecule has 25 heavy (non-hydrogen) atoms. The minimum Gasteiger partial charge on any atom is -0.282 e. The first-order valence-electron chi connectivity index (χ1n) is 6.35. The van der Waals surface area contributed by atoms with Crippen LogP contribution in [0.25, 0.3) is 0 Å². The van der Waals surface area contributed by atoms with Gasteiger partial charge in [0.15, 0.2) is 0 Å². The molecule has 2 N–H and O–H groups in total. The van der Waals surface area contributed by atoms with Crippen LogP contribution in [0.4, 0.5) is 0 Å². The summed E-state index contributed by atoms with van der Waals surface area (Å²) < 4.78 is 61.6. The maximum atomic E-state index is 12.7. The van der Waals surface area contributed by atoms with Gasteiger partial charge in [-0.3, -0.25) is 4.55 Å². The van der Waals surface area contributed by atoms with E-state index in [1.807, 2.05) is 0 Å². The van der Waals surface area contributed by atoms with E-state index < -0.39 is 24.9 Å². The van der Waals surface area contributed by atoms with E-state index in [9.17, 15) is 21.4 Å². The second kappa shape index (κ2) is 7.60. The van der Waals surface area contributed by atoms with Crippen molar-refractivity contribution in [3.05, 3.63) is 47.0 Å². The third-order valence-corrected chi connectivity index (χ3v) is 6.95. The Morgan fingerprint density at radius 1 is 1.04 bits per heavy atom. The molecule has 0 atom stereocenters. The Morgan fingerprint density at radius 2 is 1.64 bits per heavy atom. The lowest BCUT2D eigenvalue weighted by atomic mass is 10.2. The molecule has 0 spiro atoms. The molecule has 0 aliphatic rings. The first kappa shape index (κ1) is 20.1. The average Bonchev–Trinajstić information content (AvgIpc) is 2.53. The molecule has 2 rings (SSSR count). The molecule has 0 saturated heterocycles. The van der Waals surface area contributed by atoms with Crippen LogP contribution < -0.4 is 0 Å².